The maximum absolute atomic E-state index is 4.48. The van der Waals surface area contributed by atoms with Crippen LogP contribution in [0.1, 0.15) is 6.92 Å². The highest BCUT2D eigenvalue weighted by Crippen LogP contribution is 2.30. The van der Waals surface area contributed by atoms with Gasteiger partial charge in [0.1, 0.15) is 0 Å². The molecule has 2 nitrogen and oxygen atoms in total. The van der Waals surface area contributed by atoms with Crippen LogP contribution >= 0.6 is 0 Å². The van der Waals surface area contributed by atoms with Crippen molar-refractivity contribution in [2.75, 3.05) is 0 Å². The average molecular weight is 260 g/mol. The summed E-state index contributed by atoms with van der Waals surface area (Å²) in [7, 11) is 0. The van der Waals surface area contributed by atoms with Crippen LogP contribution in [0.15, 0.2) is 78.0 Å². The van der Waals surface area contributed by atoms with Crippen molar-refractivity contribution in [2.24, 2.45) is 5.10 Å². The molecule has 0 aliphatic rings. The predicted octanol–water partition coefficient (Wildman–Crippen LogP) is 4.72. The molecule has 20 heavy (non-hydrogen) atoms. The molecule has 0 spiro atoms. The summed E-state index contributed by atoms with van der Waals surface area (Å²) in [5.74, 6) is 0. The molecule has 0 bridgehead atoms. The van der Waals surface area contributed by atoms with Crippen LogP contribution < -0.4 is 0 Å². The quantitative estimate of drug-likeness (QED) is 0.606. The van der Waals surface area contributed by atoms with Gasteiger partial charge in [0.25, 0.3) is 0 Å². The molecule has 1 heterocycles. The second-order valence-electron chi connectivity index (χ2n) is 4.56. The molecule has 0 aliphatic carbocycles. The van der Waals surface area contributed by atoms with Crippen LogP contribution in [0.4, 0.5) is 0 Å². The van der Waals surface area contributed by atoms with Crippen molar-refractivity contribution in [3.8, 4) is 11.1 Å². The maximum Gasteiger partial charge on any atom is 0.0724 e. The third kappa shape index (κ3) is 2.28. The zero-order valence-corrected chi connectivity index (χ0v) is 11.4. The lowest BCUT2D eigenvalue weighted by atomic mass is 10.1. The minimum absolute atomic E-state index is 1.12. The number of para-hydroxylation sites is 1. The summed E-state index contributed by atoms with van der Waals surface area (Å²) in [6, 6.07) is 18.7. The van der Waals surface area contributed by atoms with Crippen LogP contribution in [-0.2, 0) is 0 Å². The Bertz CT molecular complexity index is 764. The molecule has 2 heteroatoms. The molecule has 0 unspecified atom stereocenters. The summed E-state index contributed by atoms with van der Waals surface area (Å²) >= 11 is 0. The first-order valence-electron chi connectivity index (χ1n) is 6.71. The fourth-order valence-corrected chi connectivity index (χ4v) is 2.30. The van der Waals surface area contributed by atoms with Gasteiger partial charge in [-0.1, -0.05) is 54.6 Å². The second kappa shape index (κ2) is 5.57. The summed E-state index contributed by atoms with van der Waals surface area (Å²) in [6.45, 7) is 1.98. The summed E-state index contributed by atoms with van der Waals surface area (Å²) in [5, 5.41) is 5.69. The van der Waals surface area contributed by atoms with E-state index < -0.39 is 0 Å². The lowest BCUT2D eigenvalue weighted by Crippen LogP contribution is -1.84. The first-order chi connectivity index (χ1) is 9.90. The minimum atomic E-state index is 1.12. The predicted molar refractivity (Wildman–Crippen MR) is 86.1 cm³/mol. The Morgan fingerprint density at radius 3 is 2.50 bits per heavy atom. The Labute approximate surface area is 118 Å². The van der Waals surface area contributed by atoms with Crippen LogP contribution in [0.25, 0.3) is 22.0 Å². The molecule has 0 saturated carbocycles. The Morgan fingerprint density at radius 1 is 0.950 bits per heavy atom. The molecule has 0 atom stereocenters. The van der Waals surface area contributed by atoms with Crippen LogP contribution in [0.5, 0.6) is 0 Å². The smallest absolute Gasteiger partial charge is 0.0724 e. The Kier molecular flexibility index (Phi) is 3.46. The molecule has 0 N–H and O–H groups in total. The van der Waals surface area contributed by atoms with Crippen LogP contribution in [0.2, 0.25) is 0 Å². The highest BCUT2D eigenvalue weighted by Gasteiger charge is 2.08. The van der Waals surface area contributed by atoms with E-state index in [1.165, 1.54) is 16.5 Å². The molecular formula is C18H16N2. The number of allylic oxidation sites excluding steroid dienone is 2. The monoisotopic (exact) mass is 260 g/mol. The first kappa shape index (κ1) is 12.4. The fraction of sp³-hybridized carbons (Fsp3) is 0.0556. The summed E-state index contributed by atoms with van der Waals surface area (Å²) in [6.07, 6.45) is 7.78. The average Bonchev–Trinajstić information content (AvgIpc) is 2.88. The van der Waals surface area contributed by atoms with Crippen LogP contribution in [-0.4, -0.2) is 10.9 Å². The van der Waals surface area contributed by atoms with Gasteiger partial charge >= 0.3 is 0 Å². The van der Waals surface area contributed by atoms with Crippen LogP contribution in [0, 0.1) is 0 Å². The first-order valence-corrected chi connectivity index (χ1v) is 6.71. The third-order valence-corrected chi connectivity index (χ3v) is 3.25. The number of rotatable bonds is 3. The number of fused-ring (bicyclic) bond motifs is 1. The van der Waals surface area contributed by atoms with Gasteiger partial charge in [0, 0.05) is 23.4 Å². The largest absolute Gasteiger partial charge is 0.240 e. The van der Waals surface area contributed by atoms with Gasteiger partial charge in [-0.25, -0.2) is 4.68 Å². The zero-order valence-electron chi connectivity index (χ0n) is 11.4. The van der Waals surface area contributed by atoms with Gasteiger partial charge in [0.2, 0.25) is 0 Å². The van der Waals surface area contributed by atoms with Gasteiger partial charge in [0.05, 0.1) is 5.52 Å². The van der Waals surface area contributed by atoms with E-state index >= 15 is 0 Å². The lowest BCUT2D eigenvalue weighted by Gasteiger charge is -1.97. The highest BCUT2D eigenvalue weighted by atomic mass is 15.3. The second-order valence-corrected chi connectivity index (χ2v) is 4.56. The van der Waals surface area contributed by atoms with Crippen molar-refractivity contribution < 1.29 is 0 Å². The summed E-state index contributed by atoms with van der Waals surface area (Å²) in [5.41, 5.74) is 3.54. The number of aromatic nitrogens is 1. The van der Waals surface area contributed by atoms with E-state index in [9.17, 15) is 0 Å². The van der Waals surface area contributed by atoms with Crippen molar-refractivity contribution in [3.63, 3.8) is 0 Å². The van der Waals surface area contributed by atoms with E-state index in [1.54, 1.807) is 6.21 Å². The molecule has 0 fully saturated rings. The molecule has 3 rings (SSSR count). The van der Waals surface area contributed by atoms with E-state index in [-0.39, 0.29) is 0 Å². The third-order valence-electron chi connectivity index (χ3n) is 3.25. The van der Waals surface area contributed by atoms with Gasteiger partial charge in [0.15, 0.2) is 0 Å². The fourth-order valence-electron chi connectivity index (χ4n) is 2.30. The minimum Gasteiger partial charge on any atom is -0.240 e. The summed E-state index contributed by atoms with van der Waals surface area (Å²) < 4.78 is 1.93. The SMILES string of the molecule is CC=CC=Nn1cc(-c2ccccc2)c2ccccc21. The number of benzene rings is 2. The molecule has 2 aromatic carbocycles. The van der Waals surface area contributed by atoms with E-state index in [0.29, 0.717) is 0 Å². The van der Waals surface area contributed by atoms with E-state index in [0.717, 1.165) is 5.52 Å². The Balaban J connectivity index is 2.19. The standard InChI is InChI=1S/C18H16N2/c1-2-3-13-19-20-14-17(15-9-5-4-6-10-15)16-11-7-8-12-18(16)20/h2-14H,1H3. The van der Waals surface area contributed by atoms with E-state index in [4.69, 9.17) is 0 Å². The molecule has 3 aromatic rings. The Hall–Kier alpha value is -2.61. The van der Waals surface area contributed by atoms with Crippen molar-refractivity contribution in [3.05, 3.63) is 72.9 Å². The van der Waals surface area contributed by atoms with Gasteiger partial charge in [-0.2, -0.15) is 5.10 Å². The van der Waals surface area contributed by atoms with Gasteiger partial charge in [-0.3, -0.25) is 0 Å². The number of nitrogens with zero attached hydrogens (tertiary/aromatic N) is 2. The number of hydrogen-bond acceptors (Lipinski definition) is 1. The molecular weight excluding hydrogens is 244 g/mol. The van der Waals surface area contributed by atoms with Crippen molar-refractivity contribution in [1.29, 1.82) is 0 Å². The van der Waals surface area contributed by atoms with Crippen LogP contribution in [0.3, 0.4) is 0 Å². The normalized spacial score (nSPS) is 11.8. The van der Waals surface area contributed by atoms with Gasteiger partial charge < -0.3 is 0 Å². The van der Waals surface area contributed by atoms with Gasteiger partial charge in [-0.05, 0) is 24.6 Å². The number of hydrogen-bond donors (Lipinski definition) is 0. The molecule has 0 aliphatic heterocycles. The zero-order chi connectivity index (χ0) is 13.8. The van der Waals surface area contributed by atoms with Crippen molar-refractivity contribution >= 4 is 17.1 Å². The molecule has 98 valence electrons. The van der Waals surface area contributed by atoms with Gasteiger partial charge in [-0.15, -0.1) is 0 Å². The van der Waals surface area contributed by atoms with E-state index in [1.807, 2.05) is 35.9 Å². The van der Waals surface area contributed by atoms with E-state index in [2.05, 4.69) is 53.8 Å². The molecule has 0 amide bonds. The summed E-state index contributed by atoms with van der Waals surface area (Å²) in [4.78, 5) is 0. The molecule has 1 aromatic heterocycles. The maximum atomic E-state index is 4.48. The van der Waals surface area contributed by atoms with Crippen molar-refractivity contribution in [1.82, 2.24) is 4.68 Å². The Morgan fingerprint density at radius 2 is 1.70 bits per heavy atom. The van der Waals surface area contributed by atoms with Crippen molar-refractivity contribution in [2.45, 2.75) is 6.92 Å². The lowest BCUT2D eigenvalue weighted by molar-refractivity contribution is 0.935. The highest BCUT2D eigenvalue weighted by molar-refractivity contribution is 5.96. The topological polar surface area (TPSA) is 17.3 Å². The molecule has 0 saturated heterocycles. The molecule has 0 radical (unpaired) electrons.